The number of hydrogen-bond donors (Lipinski definition) is 1. The molecule has 1 amide bonds. The number of nitrogens with one attached hydrogen (secondary N) is 1. The number of amides is 1. The van der Waals surface area contributed by atoms with Gasteiger partial charge in [-0.15, -0.1) is 0 Å². The summed E-state index contributed by atoms with van der Waals surface area (Å²) in [6, 6.07) is 26.0. The van der Waals surface area contributed by atoms with Crippen molar-refractivity contribution in [3.8, 4) is 16.9 Å². The average Bonchev–Trinajstić information content (AvgIpc) is 3.33. The highest BCUT2D eigenvalue weighted by atomic mass is 19.1. The third-order valence-corrected chi connectivity index (χ3v) is 6.48. The number of benzene rings is 3. The van der Waals surface area contributed by atoms with Gasteiger partial charge in [0.1, 0.15) is 5.82 Å². The van der Waals surface area contributed by atoms with E-state index in [1.807, 2.05) is 66.9 Å². The molecule has 1 aromatic heterocycles. The van der Waals surface area contributed by atoms with Crippen molar-refractivity contribution in [1.82, 2.24) is 15.1 Å². The molecular formula is C28H26FN3O2. The van der Waals surface area contributed by atoms with Crippen LogP contribution in [0.25, 0.3) is 16.9 Å². The van der Waals surface area contributed by atoms with E-state index in [1.165, 1.54) is 12.1 Å². The Morgan fingerprint density at radius 1 is 0.941 bits per heavy atom. The summed E-state index contributed by atoms with van der Waals surface area (Å²) in [7, 11) is 0. The Labute approximate surface area is 198 Å². The number of hydrogen-bond acceptors (Lipinski definition) is 3. The maximum atomic E-state index is 13.6. The zero-order valence-electron chi connectivity index (χ0n) is 18.8. The molecule has 6 heteroatoms. The summed E-state index contributed by atoms with van der Waals surface area (Å²) in [6.45, 7) is 1.41. The smallest absolute Gasteiger partial charge is 0.231 e. The molecule has 0 spiro atoms. The maximum Gasteiger partial charge on any atom is 0.231 e. The fourth-order valence-corrected chi connectivity index (χ4v) is 4.57. The highest BCUT2D eigenvalue weighted by Crippen LogP contribution is 2.35. The SMILES string of the molecule is O=C(NCc1cn(-c2ccccc2)nc1-c1ccc(F)cc1)C1(c2ccccc2)CCOCC1. The van der Waals surface area contributed by atoms with Gasteiger partial charge < -0.3 is 10.1 Å². The second-order valence-corrected chi connectivity index (χ2v) is 8.53. The van der Waals surface area contributed by atoms with E-state index in [0.717, 1.165) is 22.4 Å². The van der Waals surface area contributed by atoms with Gasteiger partial charge >= 0.3 is 0 Å². The Bertz CT molecular complexity index is 1250. The van der Waals surface area contributed by atoms with E-state index in [0.29, 0.717) is 38.3 Å². The van der Waals surface area contributed by atoms with Gasteiger partial charge in [0.2, 0.25) is 5.91 Å². The Kier molecular flexibility index (Phi) is 6.23. The Morgan fingerprint density at radius 2 is 1.59 bits per heavy atom. The first kappa shape index (κ1) is 22.0. The van der Waals surface area contributed by atoms with Crippen molar-refractivity contribution in [3.05, 3.63) is 108 Å². The van der Waals surface area contributed by atoms with Gasteiger partial charge in [0, 0.05) is 37.1 Å². The normalized spacial score (nSPS) is 15.1. The molecule has 1 N–H and O–H groups in total. The lowest BCUT2D eigenvalue weighted by molar-refractivity contribution is -0.130. The molecule has 2 heterocycles. The van der Waals surface area contributed by atoms with Crippen molar-refractivity contribution >= 4 is 5.91 Å². The number of ether oxygens (including phenoxy) is 1. The quantitative estimate of drug-likeness (QED) is 0.443. The summed E-state index contributed by atoms with van der Waals surface area (Å²) in [4.78, 5) is 13.6. The minimum Gasteiger partial charge on any atom is -0.381 e. The molecule has 0 unspecified atom stereocenters. The van der Waals surface area contributed by atoms with Crippen molar-refractivity contribution in [2.75, 3.05) is 13.2 Å². The fraction of sp³-hybridized carbons (Fsp3) is 0.214. The molecule has 5 rings (SSSR count). The molecule has 34 heavy (non-hydrogen) atoms. The number of carbonyl (C=O) groups excluding carboxylic acids is 1. The first-order valence-corrected chi connectivity index (χ1v) is 11.5. The highest BCUT2D eigenvalue weighted by Gasteiger charge is 2.41. The van der Waals surface area contributed by atoms with Crippen molar-refractivity contribution < 1.29 is 13.9 Å². The fourth-order valence-electron chi connectivity index (χ4n) is 4.57. The molecule has 1 fully saturated rings. The topological polar surface area (TPSA) is 56.2 Å². The van der Waals surface area contributed by atoms with E-state index in [9.17, 15) is 9.18 Å². The van der Waals surface area contributed by atoms with Crippen LogP contribution >= 0.6 is 0 Å². The minimum atomic E-state index is -0.620. The monoisotopic (exact) mass is 455 g/mol. The van der Waals surface area contributed by atoms with Crippen LogP contribution in [-0.2, 0) is 21.5 Å². The van der Waals surface area contributed by atoms with Crippen molar-refractivity contribution in [1.29, 1.82) is 0 Å². The number of para-hydroxylation sites is 1. The zero-order chi connectivity index (χ0) is 23.4. The lowest BCUT2D eigenvalue weighted by Crippen LogP contribution is -2.47. The van der Waals surface area contributed by atoms with Gasteiger partial charge in [0.25, 0.3) is 0 Å². The maximum absolute atomic E-state index is 13.6. The molecule has 1 aliphatic rings. The minimum absolute atomic E-state index is 0.0143. The van der Waals surface area contributed by atoms with Gasteiger partial charge in [0.05, 0.1) is 16.8 Å². The average molecular weight is 456 g/mol. The van der Waals surface area contributed by atoms with E-state index >= 15 is 0 Å². The summed E-state index contributed by atoms with van der Waals surface area (Å²) in [6.07, 6.45) is 3.20. The van der Waals surface area contributed by atoms with Crippen molar-refractivity contribution in [2.24, 2.45) is 0 Å². The van der Waals surface area contributed by atoms with Gasteiger partial charge in [0.15, 0.2) is 0 Å². The first-order chi connectivity index (χ1) is 16.7. The third-order valence-electron chi connectivity index (χ3n) is 6.48. The lowest BCUT2D eigenvalue weighted by atomic mass is 9.73. The van der Waals surface area contributed by atoms with E-state index in [1.54, 1.807) is 16.8 Å². The summed E-state index contributed by atoms with van der Waals surface area (Å²) in [5.41, 5.74) is 3.67. The van der Waals surface area contributed by atoms with Crippen molar-refractivity contribution in [3.63, 3.8) is 0 Å². The molecule has 3 aromatic carbocycles. The molecule has 0 bridgehead atoms. The summed E-state index contributed by atoms with van der Waals surface area (Å²) in [5.74, 6) is -0.315. The molecule has 1 aliphatic heterocycles. The van der Waals surface area contributed by atoms with Crippen LogP contribution in [0, 0.1) is 5.82 Å². The first-order valence-electron chi connectivity index (χ1n) is 11.5. The van der Waals surface area contributed by atoms with E-state index in [2.05, 4.69) is 5.32 Å². The van der Waals surface area contributed by atoms with Crippen LogP contribution in [0.5, 0.6) is 0 Å². The second kappa shape index (κ2) is 9.61. The predicted molar refractivity (Wildman–Crippen MR) is 129 cm³/mol. The molecule has 0 aliphatic carbocycles. The van der Waals surface area contributed by atoms with Crippen molar-refractivity contribution in [2.45, 2.75) is 24.8 Å². The standard InChI is InChI=1S/C28H26FN3O2/c29-24-13-11-21(12-14-24)26-22(20-32(31-26)25-9-5-2-6-10-25)19-30-27(33)28(15-17-34-18-16-28)23-7-3-1-4-8-23/h1-14,20H,15-19H2,(H,30,33). The van der Waals surface area contributed by atoms with Gasteiger partial charge in [-0.05, 0) is 54.8 Å². The van der Waals surface area contributed by atoms with Gasteiger partial charge in [-0.3, -0.25) is 4.79 Å². The molecule has 1 saturated heterocycles. The van der Waals surface area contributed by atoms with Gasteiger partial charge in [-0.25, -0.2) is 9.07 Å². The number of halogens is 1. The number of aromatic nitrogens is 2. The zero-order valence-corrected chi connectivity index (χ0v) is 18.8. The lowest BCUT2D eigenvalue weighted by Gasteiger charge is -2.36. The number of carbonyl (C=O) groups is 1. The predicted octanol–water partition coefficient (Wildman–Crippen LogP) is 5.04. The molecule has 0 saturated carbocycles. The van der Waals surface area contributed by atoms with Crippen LogP contribution in [0.4, 0.5) is 4.39 Å². The molecule has 4 aromatic rings. The summed E-state index contributed by atoms with van der Waals surface area (Å²) >= 11 is 0. The van der Waals surface area contributed by atoms with Crippen LogP contribution in [0.2, 0.25) is 0 Å². The Morgan fingerprint density at radius 3 is 2.26 bits per heavy atom. The Hall–Kier alpha value is -3.77. The van der Waals surface area contributed by atoms with Crippen LogP contribution in [0.3, 0.4) is 0 Å². The van der Waals surface area contributed by atoms with E-state index in [-0.39, 0.29) is 11.7 Å². The molecule has 172 valence electrons. The summed E-state index contributed by atoms with van der Waals surface area (Å²) in [5, 5.41) is 7.94. The molecule has 0 radical (unpaired) electrons. The largest absolute Gasteiger partial charge is 0.381 e. The number of rotatable bonds is 6. The Balaban J connectivity index is 1.45. The van der Waals surface area contributed by atoms with Gasteiger partial charge in [-0.2, -0.15) is 5.10 Å². The second-order valence-electron chi connectivity index (χ2n) is 8.53. The van der Waals surface area contributed by atoms with Crippen LogP contribution < -0.4 is 5.32 Å². The van der Waals surface area contributed by atoms with Crippen LogP contribution in [0.15, 0.2) is 91.1 Å². The van der Waals surface area contributed by atoms with Gasteiger partial charge in [-0.1, -0.05) is 48.5 Å². The number of nitrogens with zero attached hydrogens (tertiary/aromatic N) is 2. The van der Waals surface area contributed by atoms with Crippen LogP contribution in [-0.4, -0.2) is 28.9 Å². The summed E-state index contributed by atoms with van der Waals surface area (Å²) < 4.78 is 20.9. The van der Waals surface area contributed by atoms with Crippen LogP contribution in [0.1, 0.15) is 24.0 Å². The molecule has 5 nitrogen and oxygen atoms in total. The van der Waals surface area contributed by atoms with E-state index in [4.69, 9.17) is 9.84 Å². The third kappa shape index (κ3) is 4.37. The molecular weight excluding hydrogens is 429 g/mol. The highest BCUT2D eigenvalue weighted by molar-refractivity contribution is 5.88. The van der Waals surface area contributed by atoms with E-state index < -0.39 is 5.41 Å². The molecule has 0 atom stereocenters.